The van der Waals surface area contributed by atoms with Gasteiger partial charge in [0.25, 0.3) is 0 Å². The fourth-order valence-electron chi connectivity index (χ4n) is 2.19. The molecule has 0 aliphatic carbocycles. The Morgan fingerprint density at radius 3 is 2.74 bits per heavy atom. The van der Waals surface area contributed by atoms with E-state index in [0.717, 1.165) is 30.1 Å². The van der Waals surface area contributed by atoms with Gasteiger partial charge < -0.3 is 14.6 Å². The Kier molecular flexibility index (Phi) is 4.21. The molecule has 0 saturated heterocycles. The van der Waals surface area contributed by atoms with E-state index in [4.69, 9.17) is 4.74 Å². The number of aromatic nitrogens is 4. The first kappa shape index (κ1) is 13.6. The third kappa shape index (κ3) is 2.63. The van der Waals surface area contributed by atoms with Gasteiger partial charge in [-0.1, -0.05) is 6.92 Å². The molecule has 0 spiro atoms. The van der Waals surface area contributed by atoms with Crippen molar-refractivity contribution in [3.8, 4) is 5.75 Å². The first-order valence-electron chi connectivity index (χ1n) is 6.44. The molecule has 2 aromatic heterocycles. The minimum atomic E-state index is 0.0231. The molecule has 2 aromatic rings. The third-order valence-corrected chi connectivity index (χ3v) is 3.19. The highest BCUT2D eigenvalue weighted by Gasteiger charge is 2.24. The average molecular weight is 263 g/mol. The van der Waals surface area contributed by atoms with Gasteiger partial charge in [0.05, 0.1) is 37.6 Å². The maximum Gasteiger partial charge on any atom is 0.161 e. The molecule has 1 atom stereocenters. The molecule has 0 amide bonds. The molecule has 0 aromatic carbocycles. The molecule has 2 rings (SSSR count). The van der Waals surface area contributed by atoms with Gasteiger partial charge in [0.1, 0.15) is 5.69 Å². The average Bonchev–Trinajstić information content (AvgIpc) is 2.98. The summed E-state index contributed by atoms with van der Waals surface area (Å²) in [5, 5.41) is 7.81. The van der Waals surface area contributed by atoms with Crippen LogP contribution in [0.4, 0.5) is 0 Å². The van der Waals surface area contributed by atoms with Crippen LogP contribution >= 0.6 is 0 Å². The first-order valence-corrected chi connectivity index (χ1v) is 6.44. The zero-order valence-electron chi connectivity index (χ0n) is 11.9. The molecule has 0 bridgehead atoms. The molecule has 1 N–H and O–H groups in total. The van der Waals surface area contributed by atoms with Gasteiger partial charge in [0, 0.05) is 14.1 Å². The number of imidazole rings is 1. The fourth-order valence-corrected chi connectivity index (χ4v) is 2.19. The normalized spacial score (nSPS) is 12.6. The van der Waals surface area contributed by atoms with E-state index in [1.165, 1.54) is 0 Å². The number of nitrogens with one attached hydrogen (secondary N) is 1. The van der Waals surface area contributed by atoms with Crippen LogP contribution in [0.15, 0.2) is 18.7 Å². The zero-order valence-corrected chi connectivity index (χ0v) is 11.9. The lowest BCUT2D eigenvalue weighted by molar-refractivity contribution is 0.399. The first-order chi connectivity index (χ1) is 9.19. The molecular weight excluding hydrogens is 242 g/mol. The minimum absolute atomic E-state index is 0.0231. The molecule has 104 valence electrons. The summed E-state index contributed by atoms with van der Waals surface area (Å²) in [6, 6.07) is 0.0231. The van der Waals surface area contributed by atoms with Crippen LogP contribution in [0, 0.1) is 0 Å². The SMILES string of the molecule is CCCNC(c1cncn1C)c1c(OC)cnn1C. The van der Waals surface area contributed by atoms with Crippen molar-refractivity contribution in [1.29, 1.82) is 0 Å². The van der Waals surface area contributed by atoms with Gasteiger partial charge in [-0.25, -0.2) is 4.98 Å². The summed E-state index contributed by atoms with van der Waals surface area (Å²) < 4.78 is 9.27. The van der Waals surface area contributed by atoms with E-state index in [0.29, 0.717) is 0 Å². The van der Waals surface area contributed by atoms with Crippen molar-refractivity contribution in [2.45, 2.75) is 19.4 Å². The number of aryl methyl sites for hydroxylation is 2. The fraction of sp³-hybridized carbons (Fsp3) is 0.538. The summed E-state index contributed by atoms with van der Waals surface area (Å²) in [4.78, 5) is 4.20. The summed E-state index contributed by atoms with van der Waals surface area (Å²) in [5.41, 5.74) is 2.11. The van der Waals surface area contributed by atoms with Crippen molar-refractivity contribution < 1.29 is 4.74 Å². The minimum Gasteiger partial charge on any atom is -0.493 e. The molecule has 1 unspecified atom stereocenters. The van der Waals surface area contributed by atoms with E-state index in [9.17, 15) is 0 Å². The Bertz CT molecular complexity index is 531. The van der Waals surface area contributed by atoms with Crippen molar-refractivity contribution >= 4 is 0 Å². The molecule has 0 aliphatic rings. The van der Waals surface area contributed by atoms with E-state index >= 15 is 0 Å². The molecule has 0 aliphatic heterocycles. The van der Waals surface area contributed by atoms with Gasteiger partial charge in [-0.05, 0) is 13.0 Å². The van der Waals surface area contributed by atoms with E-state index in [1.807, 2.05) is 29.5 Å². The topological polar surface area (TPSA) is 56.9 Å². The van der Waals surface area contributed by atoms with Crippen molar-refractivity contribution in [3.05, 3.63) is 30.1 Å². The number of rotatable bonds is 6. The second-order valence-electron chi connectivity index (χ2n) is 4.54. The van der Waals surface area contributed by atoms with Crippen LogP contribution in [-0.4, -0.2) is 33.0 Å². The summed E-state index contributed by atoms with van der Waals surface area (Å²) in [6.45, 7) is 3.07. The van der Waals surface area contributed by atoms with Crippen molar-refractivity contribution in [2.24, 2.45) is 14.1 Å². The second-order valence-corrected chi connectivity index (χ2v) is 4.54. The summed E-state index contributed by atoms with van der Waals surface area (Å²) in [7, 11) is 5.58. The standard InChI is InChI=1S/C13H21N5O/c1-5-6-15-12(10-7-14-9-17(10)2)13-11(19-4)8-16-18(13)3/h7-9,12,15H,5-6H2,1-4H3. The zero-order chi connectivity index (χ0) is 13.8. The summed E-state index contributed by atoms with van der Waals surface area (Å²) >= 11 is 0. The van der Waals surface area contributed by atoms with Crippen LogP contribution in [0.5, 0.6) is 5.75 Å². The number of nitrogens with zero attached hydrogens (tertiary/aromatic N) is 4. The number of hydrogen-bond donors (Lipinski definition) is 1. The van der Waals surface area contributed by atoms with Gasteiger partial charge in [-0.3, -0.25) is 4.68 Å². The molecule has 6 nitrogen and oxygen atoms in total. The monoisotopic (exact) mass is 263 g/mol. The highest BCUT2D eigenvalue weighted by Crippen LogP contribution is 2.29. The molecule has 0 radical (unpaired) electrons. The van der Waals surface area contributed by atoms with E-state index < -0.39 is 0 Å². The van der Waals surface area contributed by atoms with E-state index in [1.54, 1.807) is 19.6 Å². The lowest BCUT2D eigenvalue weighted by atomic mass is 10.1. The second kappa shape index (κ2) is 5.88. The maximum atomic E-state index is 5.41. The number of ether oxygens (including phenoxy) is 1. The Balaban J connectivity index is 2.42. The molecular formula is C13H21N5O. The van der Waals surface area contributed by atoms with E-state index in [2.05, 4.69) is 22.3 Å². The quantitative estimate of drug-likeness (QED) is 0.852. The number of methoxy groups -OCH3 is 1. The van der Waals surface area contributed by atoms with Crippen LogP contribution in [0.1, 0.15) is 30.8 Å². The van der Waals surface area contributed by atoms with Crippen LogP contribution in [0.2, 0.25) is 0 Å². The Morgan fingerprint density at radius 1 is 1.37 bits per heavy atom. The Morgan fingerprint density at radius 2 is 2.16 bits per heavy atom. The van der Waals surface area contributed by atoms with Crippen molar-refractivity contribution in [2.75, 3.05) is 13.7 Å². The Labute approximate surface area is 113 Å². The van der Waals surface area contributed by atoms with Gasteiger partial charge in [-0.2, -0.15) is 5.10 Å². The maximum absolute atomic E-state index is 5.41. The highest BCUT2D eigenvalue weighted by atomic mass is 16.5. The van der Waals surface area contributed by atoms with Crippen LogP contribution in [0.3, 0.4) is 0 Å². The number of hydrogen-bond acceptors (Lipinski definition) is 4. The lowest BCUT2D eigenvalue weighted by Crippen LogP contribution is -2.27. The van der Waals surface area contributed by atoms with Crippen molar-refractivity contribution in [1.82, 2.24) is 24.6 Å². The molecule has 19 heavy (non-hydrogen) atoms. The van der Waals surface area contributed by atoms with Crippen LogP contribution < -0.4 is 10.1 Å². The molecule has 0 saturated carbocycles. The molecule has 6 heteroatoms. The van der Waals surface area contributed by atoms with Gasteiger partial charge in [-0.15, -0.1) is 0 Å². The van der Waals surface area contributed by atoms with Gasteiger partial charge >= 0.3 is 0 Å². The molecule has 2 heterocycles. The molecule has 0 fully saturated rings. The smallest absolute Gasteiger partial charge is 0.161 e. The van der Waals surface area contributed by atoms with Crippen molar-refractivity contribution in [3.63, 3.8) is 0 Å². The van der Waals surface area contributed by atoms with Crippen LogP contribution in [0.25, 0.3) is 0 Å². The van der Waals surface area contributed by atoms with Gasteiger partial charge in [0.2, 0.25) is 0 Å². The highest BCUT2D eigenvalue weighted by molar-refractivity contribution is 5.33. The van der Waals surface area contributed by atoms with E-state index in [-0.39, 0.29) is 6.04 Å². The van der Waals surface area contributed by atoms with Crippen LogP contribution in [-0.2, 0) is 14.1 Å². The van der Waals surface area contributed by atoms with Gasteiger partial charge in [0.15, 0.2) is 5.75 Å². The summed E-state index contributed by atoms with van der Waals surface area (Å²) in [6.07, 6.45) is 6.49. The summed E-state index contributed by atoms with van der Waals surface area (Å²) in [5.74, 6) is 0.789. The lowest BCUT2D eigenvalue weighted by Gasteiger charge is -2.20. The largest absolute Gasteiger partial charge is 0.493 e. The Hall–Kier alpha value is -1.82. The third-order valence-electron chi connectivity index (χ3n) is 3.19. The predicted molar refractivity (Wildman–Crippen MR) is 73.1 cm³/mol. The predicted octanol–water partition coefficient (Wildman–Crippen LogP) is 1.25.